The van der Waals surface area contributed by atoms with Crippen LogP contribution in [0.2, 0.25) is 0 Å². The van der Waals surface area contributed by atoms with Gasteiger partial charge in [-0.1, -0.05) is 59.3 Å². The summed E-state index contributed by atoms with van der Waals surface area (Å²) >= 11 is 3.29. The van der Waals surface area contributed by atoms with E-state index in [0.717, 1.165) is 23.0 Å². The largest absolute Gasteiger partial charge is 0.314 e. The second-order valence-electron chi connectivity index (χ2n) is 4.88. The maximum absolute atomic E-state index is 13.9. The quantitative estimate of drug-likeness (QED) is 0.827. The van der Waals surface area contributed by atoms with Crippen molar-refractivity contribution in [2.45, 2.75) is 25.8 Å². The van der Waals surface area contributed by atoms with Crippen LogP contribution < -0.4 is 5.32 Å². The van der Waals surface area contributed by atoms with E-state index in [1.54, 1.807) is 0 Å². The Morgan fingerprint density at radius 3 is 2.50 bits per heavy atom. The second-order valence-corrected chi connectivity index (χ2v) is 5.80. The Labute approximate surface area is 128 Å². The lowest BCUT2D eigenvalue weighted by molar-refractivity contribution is 0.505. The Hall–Kier alpha value is -1.19. The minimum Gasteiger partial charge on any atom is -0.314 e. The molecule has 0 heterocycles. The van der Waals surface area contributed by atoms with Gasteiger partial charge in [0, 0.05) is 10.5 Å². The molecular formula is C17H19BrFN. The van der Waals surface area contributed by atoms with Crippen LogP contribution in [0.1, 0.15) is 18.1 Å². The van der Waals surface area contributed by atoms with Crippen LogP contribution in [-0.2, 0) is 12.8 Å². The van der Waals surface area contributed by atoms with Gasteiger partial charge < -0.3 is 5.32 Å². The van der Waals surface area contributed by atoms with Gasteiger partial charge in [0.05, 0.1) is 0 Å². The van der Waals surface area contributed by atoms with Crippen molar-refractivity contribution in [3.8, 4) is 0 Å². The van der Waals surface area contributed by atoms with Crippen molar-refractivity contribution in [1.82, 2.24) is 5.32 Å². The van der Waals surface area contributed by atoms with Gasteiger partial charge in [0.15, 0.2) is 0 Å². The molecule has 1 atom stereocenters. The third kappa shape index (κ3) is 4.43. The van der Waals surface area contributed by atoms with Crippen molar-refractivity contribution in [3.05, 3.63) is 69.9 Å². The van der Waals surface area contributed by atoms with Crippen molar-refractivity contribution < 1.29 is 4.39 Å². The van der Waals surface area contributed by atoms with Gasteiger partial charge in [-0.2, -0.15) is 0 Å². The standard InChI is InChI=1S/C17H19BrFN/c1-2-20-16(10-13-6-4-3-5-7-13)11-14-8-9-15(18)12-17(14)19/h3-9,12,16,20H,2,10-11H2,1H3. The maximum atomic E-state index is 13.9. The van der Waals surface area contributed by atoms with Gasteiger partial charge >= 0.3 is 0 Å². The number of hydrogen-bond acceptors (Lipinski definition) is 1. The Balaban J connectivity index is 2.09. The molecule has 1 unspecified atom stereocenters. The maximum Gasteiger partial charge on any atom is 0.127 e. The lowest BCUT2D eigenvalue weighted by atomic mass is 9.98. The monoisotopic (exact) mass is 335 g/mol. The van der Waals surface area contributed by atoms with Crippen LogP contribution in [-0.4, -0.2) is 12.6 Å². The number of benzene rings is 2. The normalized spacial score (nSPS) is 12.3. The highest BCUT2D eigenvalue weighted by atomic mass is 79.9. The predicted octanol–water partition coefficient (Wildman–Crippen LogP) is 4.35. The molecule has 0 aromatic heterocycles. The highest BCUT2D eigenvalue weighted by molar-refractivity contribution is 9.10. The first-order valence-electron chi connectivity index (χ1n) is 6.90. The molecule has 0 aliphatic carbocycles. The first-order valence-corrected chi connectivity index (χ1v) is 7.69. The van der Waals surface area contributed by atoms with Gasteiger partial charge in [0.25, 0.3) is 0 Å². The van der Waals surface area contributed by atoms with Crippen LogP contribution in [0.15, 0.2) is 53.0 Å². The molecule has 0 fully saturated rings. The molecule has 0 aliphatic heterocycles. The van der Waals surface area contributed by atoms with E-state index in [1.807, 2.05) is 30.3 Å². The zero-order valence-corrected chi connectivity index (χ0v) is 13.2. The SMILES string of the molecule is CCNC(Cc1ccccc1)Cc1ccc(Br)cc1F. The van der Waals surface area contributed by atoms with Crippen molar-refractivity contribution in [1.29, 1.82) is 0 Å². The van der Waals surface area contributed by atoms with E-state index in [9.17, 15) is 4.39 Å². The molecule has 0 bridgehead atoms. The van der Waals surface area contributed by atoms with Crippen LogP contribution in [0.4, 0.5) is 4.39 Å². The molecule has 2 aromatic rings. The van der Waals surface area contributed by atoms with E-state index >= 15 is 0 Å². The average Bonchev–Trinajstić information content (AvgIpc) is 2.43. The number of rotatable bonds is 6. The second kappa shape index (κ2) is 7.55. The lowest BCUT2D eigenvalue weighted by Gasteiger charge is -2.18. The third-order valence-electron chi connectivity index (χ3n) is 3.30. The van der Waals surface area contributed by atoms with E-state index in [4.69, 9.17) is 0 Å². The summed E-state index contributed by atoms with van der Waals surface area (Å²) in [5.41, 5.74) is 2.03. The fourth-order valence-electron chi connectivity index (χ4n) is 2.36. The molecule has 106 valence electrons. The molecular weight excluding hydrogens is 317 g/mol. The van der Waals surface area contributed by atoms with E-state index in [1.165, 1.54) is 11.6 Å². The fourth-order valence-corrected chi connectivity index (χ4v) is 2.69. The highest BCUT2D eigenvalue weighted by Gasteiger charge is 2.12. The van der Waals surface area contributed by atoms with Crippen molar-refractivity contribution in [2.24, 2.45) is 0 Å². The Morgan fingerprint density at radius 1 is 1.10 bits per heavy atom. The molecule has 0 amide bonds. The van der Waals surface area contributed by atoms with Crippen molar-refractivity contribution in [3.63, 3.8) is 0 Å². The van der Waals surface area contributed by atoms with Crippen LogP contribution in [0, 0.1) is 5.82 Å². The number of nitrogens with one attached hydrogen (secondary N) is 1. The molecule has 0 saturated heterocycles. The smallest absolute Gasteiger partial charge is 0.127 e. The predicted molar refractivity (Wildman–Crippen MR) is 85.4 cm³/mol. The molecule has 1 nitrogen and oxygen atoms in total. The fraction of sp³-hybridized carbons (Fsp3) is 0.294. The molecule has 20 heavy (non-hydrogen) atoms. The minimum absolute atomic E-state index is 0.143. The topological polar surface area (TPSA) is 12.0 Å². The van der Waals surface area contributed by atoms with Crippen molar-refractivity contribution >= 4 is 15.9 Å². The van der Waals surface area contributed by atoms with Gasteiger partial charge in [0.2, 0.25) is 0 Å². The molecule has 3 heteroatoms. The van der Waals surface area contributed by atoms with Crippen LogP contribution in [0.25, 0.3) is 0 Å². The number of likely N-dealkylation sites (N-methyl/N-ethyl adjacent to an activating group) is 1. The van der Waals surface area contributed by atoms with Crippen LogP contribution in [0.3, 0.4) is 0 Å². The molecule has 2 rings (SSSR count). The molecule has 0 saturated carbocycles. The van der Waals surface area contributed by atoms with Gasteiger partial charge in [0.1, 0.15) is 5.82 Å². The average molecular weight is 336 g/mol. The van der Waals surface area contributed by atoms with E-state index in [0.29, 0.717) is 6.42 Å². The summed E-state index contributed by atoms with van der Waals surface area (Å²) in [5, 5.41) is 3.44. The van der Waals surface area contributed by atoms with Gasteiger partial charge in [-0.25, -0.2) is 4.39 Å². The summed E-state index contributed by atoms with van der Waals surface area (Å²) in [7, 11) is 0. The summed E-state index contributed by atoms with van der Waals surface area (Å²) in [5.74, 6) is -0.143. The first-order chi connectivity index (χ1) is 9.69. The van der Waals surface area contributed by atoms with E-state index in [-0.39, 0.29) is 11.9 Å². The molecule has 0 aliphatic rings. The summed E-state index contributed by atoms with van der Waals surface area (Å²) in [6.07, 6.45) is 1.60. The summed E-state index contributed by atoms with van der Waals surface area (Å²) in [4.78, 5) is 0. The van der Waals surface area contributed by atoms with Crippen LogP contribution >= 0.6 is 15.9 Å². The Kier molecular flexibility index (Phi) is 5.74. The summed E-state index contributed by atoms with van der Waals surface area (Å²) < 4.78 is 14.7. The van der Waals surface area contributed by atoms with Crippen LogP contribution in [0.5, 0.6) is 0 Å². The van der Waals surface area contributed by atoms with Gasteiger partial charge in [-0.3, -0.25) is 0 Å². The minimum atomic E-state index is -0.143. The van der Waals surface area contributed by atoms with Gasteiger partial charge in [-0.05, 0) is 42.6 Å². The summed E-state index contributed by atoms with van der Waals surface area (Å²) in [6.45, 7) is 2.96. The number of hydrogen-bond donors (Lipinski definition) is 1. The first kappa shape index (κ1) is 15.2. The van der Waals surface area contributed by atoms with Gasteiger partial charge in [-0.15, -0.1) is 0 Å². The van der Waals surface area contributed by atoms with E-state index < -0.39 is 0 Å². The molecule has 1 N–H and O–H groups in total. The van der Waals surface area contributed by atoms with Crippen molar-refractivity contribution in [2.75, 3.05) is 6.54 Å². The zero-order chi connectivity index (χ0) is 14.4. The third-order valence-corrected chi connectivity index (χ3v) is 3.79. The molecule has 0 spiro atoms. The lowest BCUT2D eigenvalue weighted by Crippen LogP contribution is -2.33. The zero-order valence-electron chi connectivity index (χ0n) is 11.6. The number of halogens is 2. The Bertz CT molecular complexity index is 542. The molecule has 0 radical (unpaired) electrons. The van der Waals surface area contributed by atoms with E-state index in [2.05, 4.69) is 40.3 Å². The molecule has 2 aromatic carbocycles. The Morgan fingerprint density at radius 2 is 1.85 bits per heavy atom. The highest BCUT2D eigenvalue weighted by Crippen LogP contribution is 2.17. The summed E-state index contributed by atoms with van der Waals surface area (Å²) in [6, 6.07) is 15.8.